The third-order valence-corrected chi connectivity index (χ3v) is 3.80. The molecule has 0 saturated carbocycles. The molecule has 1 aromatic rings. The lowest BCUT2D eigenvalue weighted by molar-refractivity contribution is 0.575. The molecule has 2 atom stereocenters. The summed E-state index contributed by atoms with van der Waals surface area (Å²) in [6, 6.07) is 7.64. The number of rotatable bonds is 1. The molecule has 5 nitrogen and oxygen atoms in total. The Bertz CT molecular complexity index is 536. The largest absolute Gasteiger partial charge is 0.297 e. The minimum Gasteiger partial charge on any atom is -0.297 e. The van der Waals surface area contributed by atoms with E-state index in [1.807, 2.05) is 0 Å². The molecular weight excluding hydrogens is 246 g/mol. The van der Waals surface area contributed by atoms with E-state index in [9.17, 15) is 10.5 Å². The van der Waals surface area contributed by atoms with Crippen LogP contribution < -0.4 is 0 Å². The monoisotopic (exact) mass is 255 g/mol. The highest BCUT2D eigenvalue weighted by atomic mass is 32.2. The van der Waals surface area contributed by atoms with E-state index >= 15 is 0 Å². The van der Waals surface area contributed by atoms with Gasteiger partial charge in [-0.1, -0.05) is 17.8 Å². The molecule has 0 amide bonds. The second-order valence-electron chi connectivity index (χ2n) is 3.86. The predicted molar refractivity (Wildman–Crippen MR) is 68.2 cm³/mol. The van der Waals surface area contributed by atoms with Crippen LogP contribution in [0.15, 0.2) is 24.5 Å². The highest BCUT2D eigenvalue weighted by Crippen LogP contribution is 2.41. The molecule has 2 rings (SSSR count). The van der Waals surface area contributed by atoms with Crippen molar-refractivity contribution in [2.24, 2.45) is 11.8 Å². The molecular formula is C12H9N5S. The average molecular weight is 255 g/mol. The van der Waals surface area contributed by atoms with Crippen molar-refractivity contribution in [2.75, 3.05) is 0 Å². The van der Waals surface area contributed by atoms with E-state index in [0.29, 0.717) is 0 Å². The zero-order chi connectivity index (χ0) is 13.1. The molecule has 1 aliphatic rings. The van der Waals surface area contributed by atoms with E-state index in [1.165, 1.54) is 0 Å². The van der Waals surface area contributed by atoms with Gasteiger partial charge in [-0.05, 0) is 11.6 Å². The van der Waals surface area contributed by atoms with Gasteiger partial charge in [0.2, 0.25) is 0 Å². The molecule has 88 valence electrons. The van der Waals surface area contributed by atoms with Crippen molar-refractivity contribution in [3.8, 4) is 12.1 Å². The maximum Gasteiger partial charge on any atom is 0.103 e. The molecule has 18 heavy (non-hydrogen) atoms. The Morgan fingerprint density at radius 1 is 1.17 bits per heavy atom. The van der Waals surface area contributed by atoms with Crippen LogP contribution >= 0.6 is 11.8 Å². The van der Waals surface area contributed by atoms with Gasteiger partial charge in [-0.3, -0.25) is 15.8 Å². The molecule has 0 aromatic carbocycles. The third-order valence-electron chi connectivity index (χ3n) is 2.85. The normalized spacial score (nSPS) is 27.3. The summed E-state index contributed by atoms with van der Waals surface area (Å²) in [5.74, 6) is -1.84. The number of hydrogen-bond acceptors (Lipinski definition) is 6. The van der Waals surface area contributed by atoms with Gasteiger partial charge in [-0.15, -0.1) is 0 Å². The van der Waals surface area contributed by atoms with Crippen molar-refractivity contribution in [1.29, 1.82) is 21.3 Å². The zero-order valence-electron chi connectivity index (χ0n) is 9.29. The molecule has 2 heterocycles. The van der Waals surface area contributed by atoms with Crippen LogP contribution in [-0.2, 0) is 0 Å². The minimum atomic E-state index is -0.682. The van der Waals surface area contributed by atoms with E-state index in [4.69, 9.17) is 10.8 Å². The number of nitrogens with zero attached hydrogens (tertiary/aromatic N) is 3. The maximum atomic E-state index is 9.19. The first-order valence-electron chi connectivity index (χ1n) is 5.23. The maximum absolute atomic E-state index is 9.19. The summed E-state index contributed by atoms with van der Waals surface area (Å²) in [5, 5.41) is 34.2. The lowest BCUT2D eigenvalue weighted by atomic mass is 9.78. The Balaban J connectivity index is 2.50. The van der Waals surface area contributed by atoms with Crippen LogP contribution in [0.25, 0.3) is 0 Å². The Morgan fingerprint density at radius 2 is 1.78 bits per heavy atom. The van der Waals surface area contributed by atoms with E-state index in [2.05, 4.69) is 17.1 Å². The van der Waals surface area contributed by atoms with E-state index < -0.39 is 17.8 Å². The first-order chi connectivity index (χ1) is 8.69. The summed E-state index contributed by atoms with van der Waals surface area (Å²) in [6.45, 7) is 0. The second-order valence-corrected chi connectivity index (χ2v) is 4.94. The number of aromatic nitrogens is 1. The topological polar surface area (TPSA) is 108 Å². The van der Waals surface area contributed by atoms with Crippen molar-refractivity contribution in [3.05, 3.63) is 30.1 Å². The SMILES string of the molecule is N#CC1C(=N)SC(=N)C(C#N)C1c1cccnc1. The van der Waals surface area contributed by atoms with Crippen molar-refractivity contribution >= 4 is 21.8 Å². The Hall–Kier alpha value is -2.18. The summed E-state index contributed by atoms with van der Waals surface area (Å²) in [7, 11) is 0. The molecule has 0 bridgehead atoms. The van der Waals surface area contributed by atoms with Crippen LogP contribution in [0.1, 0.15) is 11.5 Å². The molecule has 1 saturated heterocycles. The van der Waals surface area contributed by atoms with E-state index in [1.54, 1.807) is 24.5 Å². The average Bonchev–Trinajstić information content (AvgIpc) is 2.39. The van der Waals surface area contributed by atoms with Crippen molar-refractivity contribution < 1.29 is 0 Å². The second kappa shape index (κ2) is 4.99. The van der Waals surface area contributed by atoms with Gasteiger partial charge in [0.25, 0.3) is 0 Å². The molecule has 0 radical (unpaired) electrons. The molecule has 1 fully saturated rings. The van der Waals surface area contributed by atoms with E-state index in [0.717, 1.165) is 17.3 Å². The third kappa shape index (κ3) is 1.99. The Labute approximate surface area is 108 Å². The summed E-state index contributed by atoms with van der Waals surface area (Å²) in [5.41, 5.74) is 0.727. The van der Waals surface area contributed by atoms with Crippen LogP contribution in [0.4, 0.5) is 0 Å². The van der Waals surface area contributed by atoms with Crippen LogP contribution in [0.3, 0.4) is 0 Å². The number of pyridine rings is 1. The van der Waals surface area contributed by atoms with Crippen molar-refractivity contribution in [3.63, 3.8) is 0 Å². The zero-order valence-corrected chi connectivity index (χ0v) is 10.1. The minimum absolute atomic E-state index is 0.128. The van der Waals surface area contributed by atoms with Gasteiger partial charge in [-0.25, -0.2) is 0 Å². The lowest BCUT2D eigenvalue weighted by Gasteiger charge is -2.31. The number of nitrogens with one attached hydrogen (secondary N) is 2. The van der Waals surface area contributed by atoms with Crippen molar-refractivity contribution in [1.82, 2.24) is 4.98 Å². The molecule has 2 N–H and O–H groups in total. The quantitative estimate of drug-likeness (QED) is 0.801. The molecule has 0 aliphatic carbocycles. The number of hydrogen-bond donors (Lipinski definition) is 2. The molecule has 6 heteroatoms. The highest BCUT2D eigenvalue weighted by molar-refractivity contribution is 8.26. The number of thioether (sulfide) groups is 1. The Kier molecular flexibility index (Phi) is 3.40. The van der Waals surface area contributed by atoms with Gasteiger partial charge >= 0.3 is 0 Å². The fourth-order valence-corrected chi connectivity index (χ4v) is 2.89. The van der Waals surface area contributed by atoms with Crippen LogP contribution in [0.5, 0.6) is 0 Å². The van der Waals surface area contributed by atoms with E-state index in [-0.39, 0.29) is 10.1 Å². The molecule has 1 aliphatic heterocycles. The summed E-state index contributed by atoms with van der Waals surface area (Å²) in [6.07, 6.45) is 3.20. The fraction of sp³-hybridized carbons (Fsp3) is 0.250. The highest BCUT2D eigenvalue weighted by Gasteiger charge is 2.42. The first-order valence-corrected chi connectivity index (χ1v) is 6.04. The lowest BCUT2D eigenvalue weighted by Crippen LogP contribution is -2.34. The van der Waals surface area contributed by atoms with Crippen LogP contribution in [0.2, 0.25) is 0 Å². The van der Waals surface area contributed by atoms with Crippen LogP contribution in [-0.4, -0.2) is 15.1 Å². The summed E-state index contributed by atoms with van der Waals surface area (Å²) in [4.78, 5) is 3.98. The van der Waals surface area contributed by atoms with Gasteiger partial charge in [-0.2, -0.15) is 10.5 Å². The first kappa shape index (κ1) is 12.3. The van der Waals surface area contributed by atoms with Gasteiger partial charge in [0, 0.05) is 18.3 Å². The smallest absolute Gasteiger partial charge is 0.103 e. The molecule has 1 aromatic heterocycles. The predicted octanol–water partition coefficient (Wildman–Crippen LogP) is 2.15. The van der Waals surface area contributed by atoms with Gasteiger partial charge in [0.05, 0.1) is 22.2 Å². The summed E-state index contributed by atoms with van der Waals surface area (Å²) >= 11 is 0.906. The molecule has 2 unspecified atom stereocenters. The van der Waals surface area contributed by atoms with Gasteiger partial charge in [0.15, 0.2) is 0 Å². The molecule has 0 spiro atoms. The Morgan fingerprint density at radius 3 is 2.22 bits per heavy atom. The fourth-order valence-electron chi connectivity index (χ4n) is 2.00. The number of nitriles is 2. The summed E-state index contributed by atoms with van der Waals surface area (Å²) < 4.78 is 0. The van der Waals surface area contributed by atoms with Crippen LogP contribution in [0, 0.1) is 45.3 Å². The standard InChI is InChI=1S/C12H9N5S/c13-4-8-10(7-2-1-3-17-6-7)9(5-14)12(16)18-11(8)15/h1-3,6,8-10,15-16H. The van der Waals surface area contributed by atoms with Gasteiger partial charge < -0.3 is 0 Å². The van der Waals surface area contributed by atoms with Crippen molar-refractivity contribution in [2.45, 2.75) is 5.92 Å². The van der Waals surface area contributed by atoms with Gasteiger partial charge in [0.1, 0.15) is 11.8 Å².